The minimum Gasteiger partial charge on any atom is -0.496 e. The number of carbonyl (C=O) groups is 1. The molecule has 1 aliphatic rings. The Morgan fingerprint density at radius 3 is 2.58 bits per heavy atom. The number of nitrogen functional groups attached to an aromatic ring is 1. The molecule has 0 atom stereocenters. The molecule has 0 bridgehead atoms. The minimum absolute atomic E-state index is 0.140. The molecule has 2 aromatic rings. The van der Waals surface area contributed by atoms with E-state index in [1.165, 1.54) is 12.1 Å². The van der Waals surface area contributed by atoms with Crippen molar-refractivity contribution in [3.8, 4) is 11.5 Å². The van der Waals surface area contributed by atoms with Crippen molar-refractivity contribution >= 4 is 34.2 Å². The Balaban J connectivity index is 1.45. The molecule has 31 heavy (non-hydrogen) atoms. The Hall–Kier alpha value is -2.07. The highest BCUT2D eigenvalue weighted by molar-refractivity contribution is 14.1. The third kappa shape index (κ3) is 6.46. The Bertz CT molecular complexity index is 900. The van der Waals surface area contributed by atoms with Crippen LogP contribution < -0.4 is 20.5 Å². The minimum atomic E-state index is -0.268. The van der Waals surface area contributed by atoms with Gasteiger partial charge in [0.25, 0.3) is 5.91 Å². The smallest absolute Gasteiger partial charge is 0.255 e. The zero-order valence-electron chi connectivity index (χ0n) is 17.9. The molecular weight excluding hydrogens is 508 g/mol. The van der Waals surface area contributed by atoms with Gasteiger partial charge < -0.3 is 25.4 Å². The van der Waals surface area contributed by atoms with E-state index < -0.39 is 0 Å². The van der Waals surface area contributed by atoms with Crippen LogP contribution in [0.5, 0.6) is 11.5 Å². The van der Waals surface area contributed by atoms with Crippen LogP contribution in [0, 0.1) is 9.39 Å². The van der Waals surface area contributed by atoms with Crippen molar-refractivity contribution in [1.82, 2.24) is 10.2 Å². The molecule has 1 saturated heterocycles. The van der Waals surface area contributed by atoms with Crippen LogP contribution in [0.4, 0.5) is 10.1 Å². The van der Waals surface area contributed by atoms with Crippen molar-refractivity contribution in [2.75, 3.05) is 39.1 Å². The summed E-state index contributed by atoms with van der Waals surface area (Å²) in [6.45, 7) is 5.42. The first-order valence-electron chi connectivity index (χ1n) is 10.4. The molecule has 1 heterocycles. The molecule has 1 amide bonds. The van der Waals surface area contributed by atoms with Gasteiger partial charge in [0.15, 0.2) is 0 Å². The average molecular weight is 537 g/mol. The number of methoxy groups -OCH3 is 1. The van der Waals surface area contributed by atoms with Crippen LogP contribution in [0.1, 0.15) is 36.5 Å². The number of rotatable bonds is 8. The molecule has 168 valence electrons. The number of nitrogens with zero attached hydrogens (tertiary/aromatic N) is 1. The number of nitrogens with one attached hydrogen (secondary N) is 1. The largest absolute Gasteiger partial charge is 0.496 e. The fraction of sp³-hybridized carbons (Fsp3) is 0.435. The summed E-state index contributed by atoms with van der Waals surface area (Å²) in [5, 5.41) is 3.20. The second-order valence-electron chi connectivity index (χ2n) is 8.09. The topological polar surface area (TPSA) is 76.8 Å². The van der Waals surface area contributed by atoms with Crippen molar-refractivity contribution in [2.24, 2.45) is 0 Å². The van der Waals surface area contributed by atoms with Gasteiger partial charge in [-0.05, 0) is 79.1 Å². The van der Waals surface area contributed by atoms with Gasteiger partial charge in [-0.2, -0.15) is 0 Å². The van der Waals surface area contributed by atoms with Crippen molar-refractivity contribution in [1.29, 1.82) is 0 Å². The molecule has 6 nitrogen and oxygen atoms in total. The lowest BCUT2D eigenvalue weighted by Gasteiger charge is -2.40. The maximum atomic E-state index is 12.9. The molecule has 3 N–H and O–H groups in total. The number of carbonyl (C=O) groups excluding carboxylic acids is 1. The van der Waals surface area contributed by atoms with Crippen molar-refractivity contribution in [2.45, 2.75) is 31.7 Å². The molecule has 8 heteroatoms. The predicted octanol–water partition coefficient (Wildman–Crippen LogP) is 4.07. The SMILES string of the molecule is COc1cc(N)c([123I])cc1C(=O)NC1(C)CCN(CCCOc2ccc(F)cc2)CC1. The van der Waals surface area contributed by atoms with Crippen LogP contribution in [0.25, 0.3) is 0 Å². The first kappa shape index (κ1) is 23.6. The summed E-state index contributed by atoms with van der Waals surface area (Å²) in [5.74, 6) is 0.763. The molecule has 0 radical (unpaired) electrons. The van der Waals surface area contributed by atoms with E-state index in [0.29, 0.717) is 29.4 Å². The summed E-state index contributed by atoms with van der Waals surface area (Å²) in [6, 6.07) is 9.54. The molecule has 3 rings (SSSR count). The third-order valence-corrected chi connectivity index (χ3v) is 6.57. The summed E-state index contributed by atoms with van der Waals surface area (Å²) in [4.78, 5) is 15.3. The summed E-state index contributed by atoms with van der Waals surface area (Å²) >= 11 is 2.12. The summed E-state index contributed by atoms with van der Waals surface area (Å²) in [6.07, 6.45) is 2.62. The molecule has 0 spiro atoms. The number of hydrogen-bond donors (Lipinski definition) is 2. The molecule has 2 aromatic carbocycles. The van der Waals surface area contributed by atoms with Crippen LogP contribution in [0.15, 0.2) is 36.4 Å². The number of likely N-dealkylation sites (tertiary alicyclic amines) is 1. The Kier molecular flexibility index (Phi) is 7.99. The van der Waals surface area contributed by atoms with Gasteiger partial charge in [-0.25, -0.2) is 4.39 Å². The quantitative estimate of drug-likeness (QED) is 0.302. The lowest BCUT2D eigenvalue weighted by Crippen LogP contribution is -2.53. The second kappa shape index (κ2) is 10.5. The number of piperidine rings is 1. The van der Waals surface area contributed by atoms with Crippen molar-refractivity contribution < 1.29 is 18.7 Å². The lowest BCUT2D eigenvalue weighted by atomic mass is 9.89. The fourth-order valence-electron chi connectivity index (χ4n) is 3.66. The van der Waals surface area contributed by atoms with E-state index in [1.54, 1.807) is 31.4 Å². The number of ether oxygens (including phenoxy) is 2. The number of hydrogen-bond acceptors (Lipinski definition) is 5. The number of halogens is 2. The van der Waals surface area contributed by atoms with E-state index in [2.05, 4.69) is 39.7 Å². The number of nitrogens with two attached hydrogens (primary N) is 1. The maximum Gasteiger partial charge on any atom is 0.255 e. The number of amides is 1. The highest BCUT2D eigenvalue weighted by Crippen LogP contribution is 2.28. The molecular formula is C23H29FIN3O3. The lowest BCUT2D eigenvalue weighted by molar-refractivity contribution is 0.0827. The van der Waals surface area contributed by atoms with Gasteiger partial charge in [0.05, 0.1) is 19.3 Å². The molecule has 0 aliphatic carbocycles. The molecule has 0 saturated carbocycles. The Morgan fingerprint density at radius 2 is 1.94 bits per heavy atom. The first-order chi connectivity index (χ1) is 14.8. The summed E-state index contributed by atoms with van der Waals surface area (Å²) < 4.78 is 24.8. The Morgan fingerprint density at radius 1 is 1.26 bits per heavy atom. The van der Waals surface area contributed by atoms with E-state index in [0.717, 1.165) is 42.5 Å². The van der Waals surface area contributed by atoms with Gasteiger partial charge in [-0.3, -0.25) is 4.79 Å². The molecule has 0 aromatic heterocycles. The van der Waals surface area contributed by atoms with Gasteiger partial charge in [-0.15, -0.1) is 0 Å². The van der Waals surface area contributed by atoms with Crippen LogP contribution in [-0.4, -0.2) is 49.7 Å². The molecule has 1 fully saturated rings. The maximum absolute atomic E-state index is 12.9. The van der Waals surface area contributed by atoms with E-state index in [4.69, 9.17) is 15.2 Å². The number of anilines is 1. The standard InChI is InChI=1S/C23H29FIN3O3/c1-23(27-22(29)18-14-19(25)20(26)15-21(18)30-2)8-11-28(12-9-23)10-3-13-31-17-6-4-16(24)5-7-17/h4-7,14-15H,3,8-13,26H2,1-2H3,(H,27,29)/i25-4. The van der Waals surface area contributed by atoms with Gasteiger partial charge in [0.2, 0.25) is 0 Å². The van der Waals surface area contributed by atoms with Gasteiger partial charge >= 0.3 is 0 Å². The monoisotopic (exact) mass is 537 g/mol. The zero-order valence-corrected chi connectivity index (χ0v) is 20.1. The van der Waals surface area contributed by atoms with Crippen LogP contribution in [0.3, 0.4) is 0 Å². The van der Waals surface area contributed by atoms with E-state index >= 15 is 0 Å². The van der Waals surface area contributed by atoms with E-state index in [-0.39, 0.29) is 17.3 Å². The summed E-state index contributed by atoms with van der Waals surface area (Å²) in [5.41, 5.74) is 6.76. The van der Waals surface area contributed by atoms with Gasteiger partial charge in [0, 0.05) is 40.5 Å². The second-order valence-corrected chi connectivity index (χ2v) is 9.25. The zero-order chi connectivity index (χ0) is 22.4. The van der Waals surface area contributed by atoms with Crippen molar-refractivity contribution in [3.63, 3.8) is 0 Å². The average Bonchev–Trinajstić information content (AvgIpc) is 2.75. The van der Waals surface area contributed by atoms with Crippen LogP contribution >= 0.6 is 22.6 Å². The van der Waals surface area contributed by atoms with Crippen LogP contribution in [0.2, 0.25) is 0 Å². The molecule has 1 aliphatic heterocycles. The predicted molar refractivity (Wildman–Crippen MR) is 128 cm³/mol. The highest BCUT2D eigenvalue weighted by Gasteiger charge is 2.32. The van der Waals surface area contributed by atoms with Crippen LogP contribution in [-0.2, 0) is 0 Å². The first-order valence-corrected chi connectivity index (χ1v) is 11.4. The summed E-state index contributed by atoms with van der Waals surface area (Å²) in [7, 11) is 1.54. The van der Waals surface area contributed by atoms with E-state index in [9.17, 15) is 9.18 Å². The van der Waals surface area contributed by atoms with Gasteiger partial charge in [-0.1, -0.05) is 0 Å². The normalized spacial score (nSPS) is 16.0. The Labute approximate surface area is 196 Å². The van der Waals surface area contributed by atoms with Gasteiger partial charge in [0.1, 0.15) is 17.3 Å². The number of benzene rings is 2. The van der Waals surface area contributed by atoms with E-state index in [1.807, 2.05) is 0 Å². The third-order valence-electron chi connectivity index (χ3n) is 5.64. The molecule has 0 unspecified atom stereocenters. The van der Waals surface area contributed by atoms with Crippen molar-refractivity contribution in [3.05, 3.63) is 51.3 Å². The highest BCUT2D eigenvalue weighted by atomic mass is 123. The fourth-order valence-corrected chi connectivity index (χ4v) is 4.13.